The van der Waals surface area contributed by atoms with E-state index in [9.17, 15) is 0 Å². The lowest BCUT2D eigenvalue weighted by molar-refractivity contribution is 0.758. The average molecular weight is 729 g/mol. The van der Waals surface area contributed by atoms with Gasteiger partial charge in [-0.25, -0.2) is 0 Å². The second-order valence-corrected chi connectivity index (χ2v) is 13.8. The number of hydrogen-bond acceptors (Lipinski definition) is 3. The van der Waals surface area contributed by atoms with Gasteiger partial charge in [-0.05, 0) is 105 Å². The van der Waals surface area contributed by atoms with Crippen LogP contribution in [-0.2, 0) is 6.67 Å². The monoisotopic (exact) mass is 728 g/mol. The van der Waals surface area contributed by atoms with Crippen LogP contribution in [0.1, 0.15) is 40.9 Å². The van der Waals surface area contributed by atoms with Crippen LogP contribution >= 0.6 is 0 Å². The van der Waals surface area contributed by atoms with E-state index < -0.39 is 0 Å². The molecule has 0 amide bonds. The molecule has 0 spiro atoms. The molecule has 1 aliphatic rings. The smallest absolute Gasteiger partial charge is 0.115 e. The molecule has 4 heterocycles. The minimum Gasteiger partial charge on any atom is -0.319 e. The highest BCUT2D eigenvalue weighted by atomic mass is 15.1. The van der Waals surface area contributed by atoms with E-state index in [2.05, 4.69) is 167 Å². The first-order valence-electron chi connectivity index (χ1n) is 18.9. The Morgan fingerprint density at radius 1 is 0.786 bits per heavy atom. The van der Waals surface area contributed by atoms with Crippen LogP contribution in [0.25, 0.3) is 67.1 Å². The number of pyridine rings is 1. The van der Waals surface area contributed by atoms with Gasteiger partial charge in [0.1, 0.15) is 6.67 Å². The molecule has 0 N–H and O–H groups in total. The summed E-state index contributed by atoms with van der Waals surface area (Å²) in [6, 6.07) is 23.7. The quantitative estimate of drug-likeness (QED) is 0.0966. The van der Waals surface area contributed by atoms with Gasteiger partial charge in [0, 0.05) is 68.5 Å². The summed E-state index contributed by atoms with van der Waals surface area (Å²) in [5, 5.41) is 4.54. The molecule has 0 radical (unpaired) electrons. The zero-order valence-electron chi connectivity index (χ0n) is 31.9. The fourth-order valence-electron chi connectivity index (χ4n) is 7.97. The number of rotatable bonds is 11. The topological polar surface area (TPSA) is 52.4 Å². The van der Waals surface area contributed by atoms with Crippen LogP contribution in [0.15, 0.2) is 169 Å². The molecule has 6 heteroatoms. The Morgan fingerprint density at radius 2 is 1.52 bits per heavy atom. The standard InChI is InChI=1S/C50H44N6/c1-6-8-22-45-35(3)40-25-26-41-36(4)46(23-9-7-2)56(39-20-16-13-17-21-39)50(41)49(40)54(45)34-53-44(28-30-51-5)37-24-27-47-42(32-37)43-33-52-31-29-48(43)55(47)38-18-14-11-10-12-15-19-38/h6-9,11,13-33H,1-2,5,10,12,34H2,3-4H3/b14-11-,19-15?,22-8-,23-9-,30-28-,38-18+,53-44+. The number of aryl methyl sites for hydroxylation is 2. The summed E-state index contributed by atoms with van der Waals surface area (Å²) in [6.45, 7) is 16.4. The van der Waals surface area contributed by atoms with Gasteiger partial charge >= 0.3 is 0 Å². The second-order valence-electron chi connectivity index (χ2n) is 13.8. The van der Waals surface area contributed by atoms with E-state index in [1.54, 1.807) is 6.20 Å². The molecule has 8 rings (SSSR count). The third-order valence-corrected chi connectivity index (χ3v) is 10.6. The van der Waals surface area contributed by atoms with Crippen LogP contribution in [0.5, 0.6) is 0 Å². The maximum atomic E-state index is 5.38. The van der Waals surface area contributed by atoms with Gasteiger partial charge in [-0.3, -0.25) is 15.0 Å². The van der Waals surface area contributed by atoms with E-state index >= 15 is 0 Å². The van der Waals surface area contributed by atoms with Crippen LogP contribution in [0.2, 0.25) is 0 Å². The van der Waals surface area contributed by atoms with Crippen LogP contribution in [-0.4, -0.2) is 31.1 Å². The molecule has 0 aliphatic heterocycles. The largest absolute Gasteiger partial charge is 0.319 e. The van der Waals surface area contributed by atoms with Crippen molar-refractivity contribution in [2.24, 2.45) is 9.98 Å². The predicted molar refractivity (Wildman–Crippen MR) is 241 cm³/mol. The zero-order valence-corrected chi connectivity index (χ0v) is 31.9. The molecule has 6 nitrogen and oxygen atoms in total. The summed E-state index contributed by atoms with van der Waals surface area (Å²) in [5.74, 6) is 0. The molecule has 4 aromatic heterocycles. The van der Waals surface area contributed by atoms with Crippen LogP contribution in [0.4, 0.5) is 0 Å². The van der Waals surface area contributed by atoms with Gasteiger partial charge in [-0.2, -0.15) is 0 Å². The summed E-state index contributed by atoms with van der Waals surface area (Å²) in [7, 11) is 0. The number of fused-ring (bicyclic) bond motifs is 6. The number of para-hydroxylation sites is 1. The highest BCUT2D eigenvalue weighted by Gasteiger charge is 2.22. The van der Waals surface area contributed by atoms with E-state index in [0.717, 1.165) is 79.7 Å². The molecule has 0 saturated heterocycles. The van der Waals surface area contributed by atoms with Crippen LogP contribution in [0, 0.1) is 13.8 Å². The Labute approximate surface area is 327 Å². The van der Waals surface area contributed by atoms with E-state index in [1.807, 2.05) is 42.8 Å². The van der Waals surface area contributed by atoms with Crippen molar-refractivity contribution in [3.63, 3.8) is 0 Å². The van der Waals surface area contributed by atoms with E-state index in [0.29, 0.717) is 6.67 Å². The normalized spacial score (nSPS) is 15.4. The SMILES string of the molecule is C=C/C=C\c1c(C)c2ccc3c(C)c(/C=C\C=C)n(-c4ccccc4)c3c2n1C/N=C(\C=C/N=C)c1ccc2c(c1)c1cnccc1n2/C1=C/C=C\CCC=C1. The lowest BCUT2D eigenvalue weighted by Gasteiger charge is -2.13. The third-order valence-electron chi connectivity index (χ3n) is 10.6. The molecule has 7 aromatic rings. The molecule has 1 aliphatic carbocycles. The molecule has 0 atom stereocenters. The lowest BCUT2D eigenvalue weighted by Crippen LogP contribution is -2.05. The molecular formula is C50H44N6. The van der Waals surface area contributed by atoms with Crippen molar-refractivity contribution in [1.82, 2.24) is 18.7 Å². The van der Waals surface area contributed by atoms with Crippen molar-refractivity contribution < 1.29 is 0 Å². The third kappa shape index (κ3) is 6.35. The summed E-state index contributed by atoms with van der Waals surface area (Å²) < 4.78 is 7.02. The summed E-state index contributed by atoms with van der Waals surface area (Å²) >= 11 is 0. The van der Waals surface area contributed by atoms with Gasteiger partial charge in [0.2, 0.25) is 0 Å². The minimum absolute atomic E-state index is 0.360. The fraction of sp³-hybridized carbons (Fsp3) is 0.100. The zero-order chi connectivity index (χ0) is 38.6. The first-order valence-corrected chi connectivity index (χ1v) is 18.9. The van der Waals surface area contributed by atoms with Gasteiger partial charge < -0.3 is 13.7 Å². The molecule has 0 bridgehead atoms. The van der Waals surface area contributed by atoms with Crippen molar-refractivity contribution >= 4 is 73.9 Å². The second kappa shape index (κ2) is 15.7. The van der Waals surface area contributed by atoms with Crippen molar-refractivity contribution in [3.8, 4) is 5.69 Å². The molecule has 274 valence electrons. The summed E-state index contributed by atoms with van der Waals surface area (Å²) in [4.78, 5) is 14.0. The number of aromatic nitrogens is 4. The summed E-state index contributed by atoms with van der Waals surface area (Å²) in [5.41, 5.74) is 13.0. The average Bonchev–Trinajstić information content (AvgIpc) is 3.80. The van der Waals surface area contributed by atoms with E-state index in [-0.39, 0.29) is 0 Å². The Hall–Kier alpha value is -7.05. The molecule has 0 saturated carbocycles. The van der Waals surface area contributed by atoms with Crippen LogP contribution < -0.4 is 0 Å². The van der Waals surface area contributed by atoms with Crippen molar-refractivity contribution in [3.05, 3.63) is 187 Å². The Morgan fingerprint density at radius 3 is 2.30 bits per heavy atom. The molecule has 0 fully saturated rings. The maximum absolute atomic E-state index is 5.38. The van der Waals surface area contributed by atoms with Crippen molar-refractivity contribution in [1.29, 1.82) is 0 Å². The number of nitrogens with zero attached hydrogens (tertiary/aromatic N) is 6. The highest BCUT2D eigenvalue weighted by molar-refractivity contribution is 6.16. The van der Waals surface area contributed by atoms with E-state index in [1.165, 1.54) is 21.9 Å². The van der Waals surface area contributed by atoms with Crippen LogP contribution in [0.3, 0.4) is 0 Å². The number of aliphatic imine (C=N–C) groups is 2. The first-order chi connectivity index (χ1) is 27.5. The molecule has 0 unspecified atom stereocenters. The summed E-state index contributed by atoms with van der Waals surface area (Å²) in [6.07, 6.45) is 32.5. The predicted octanol–water partition coefficient (Wildman–Crippen LogP) is 12.5. The fourth-order valence-corrected chi connectivity index (χ4v) is 7.97. The minimum atomic E-state index is 0.360. The molecule has 3 aromatic carbocycles. The van der Waals surface area contributed by atoms with Gasteiger partial charge in [0.25, 0.3) is 0 Å². The lowest BCUT2D eigenvalue weighted by atomic mass is 10.1. The molecular weight excluding hydrogens is 685 g/mol. The van der Waals surface area contributed by atoms with Gasteiger partial charge in [0.15, 0.2) is 0 Å². The number of benzene rings is 3. The van der Waals surface area contributed by atoms with Gasteiger partial charge in [0.05, 0.1) is 27.8 Å². The molecule has 56 heavy (non-hydrogen) atoms. The Bertz CT molecular complexity index is 2890. The highest BCUT2D eigenvalue weighted by Crippen LogP contribution is 2.39. The Kier molecular flexibility index (Phi) is 10.1. The van der Waals surface area contributed by atoms with Crippen molar-refractivity contribution in [2.75, 3.05) is 0 Å². The number of hydrogen-bond donors (Lipinski definition) is 0. The van der Waals surface area contributed by atoms with E-state index in [4.69, 9.17) is 4.99 Å². The maximum Gasteiger partial charge on any atom is 0.115 e. The van der Waals surface area contributed by atoms with Gasteiger partial charge in [-0.1, -0.05) is 92.1 Å². The van der Waals surface area contributed by atoms with Crippen molar-refractivity contribution in [2.45, 2.75) is 33.4 Å². The van der Waals surface area contributed by atoms with Gasteiger partial charge in [-0.15, -0.1) is 0 Å². The Balaban J connectivity index is 1.36. The first kappa shape index (κ1) is 36.0. The number of allylic oxidation sites excluding steroid dienone is 11.